The van der Waals surface area contributed by atoms with Gasteiger partial charge in [-0.1, -0.05) is 36.6 Å². The van der Waals surface area contributed by atoms with E-state index in [0.29, 0.717) is 45.2 Å². The van der Waals surface area contributed by atoms with Crippen molar-refractivity contribution in [3.63, 3.8) is 0 Å². The van der Waals surface area contributed by atoms with Crippen LogP contribution in [0.15, 0.2) is 64.8 Å². The molecule has 0 aromatic heterocycles. The van der Waals surface area contributed by atoms with E-state index in [2.05, 4.69) is 15.9 Å². The highest BCUT2D eigenvalue weighted by Gasteiger charge is 2.28. The molecule has 9 heteroatoms. The molecule has 34 heavy (non-hydrogen) atoms. The molecule has 178 valence electrons. The quantitative estimate of drug-likeness (QED) is 0.0993. The van der Waals surface area contributed by atoms with Crippen LogP contribution in [0.1, 0.15) is 32.1 Å². The number of carbonyl (C=O) groups excluding carboxylic acids is 4. The highest BCUT2D eigenvalue weighted by atomic mass is 16.6. The zero-order valence-corrected chi connectivity index (χ0v) is 18.8. The highest BCUT2D eigenvalue weighted by Crippen LogP contribution is 2.19. The van der Waals surface area contributed by atoms with E-state index in [1.54, 1.807) is 30.3 Å². The van der Waals surface area contributed by atoms with Crippen molar-refractivity contribution in [3.8, 4) is 18.1 Å². The fraction of sp³-hybridized carbons (Fsp3) is 0.360. The molecule has 0 bridgehead atoms. The van der Waals surface area contributed by atoms with Gasteiger partial charge in [0.05, 0.1) is 19.4 Å². The van der Waals surface area contributed by atoms with Crippen LogP contribution in [-0.2, 0) is 14.3 Å². The Bertz CT molecular complexity index is 955. The number of ether oxygens (including phenoxy) is 2. The third-order valence-corrected chi connectivity index (χ3v) is 4.52. The molecule has 1 aromatic rings. The Balaban J connectivity index is 2.95. The lowest BCUT2D eigenvalue weighted by Gasteiger charge is -2.24. The third kappa shape index (κ3) is 12.6. The molecule has 0 unspecified atom stereocenters. The number of para-hydroxylation sites is 1. The van der Waals surface area contributed by atoms with Gasteiger partial charge in [0.1, 0.15) is 5.75 Å². The zero-order valence-electron chi connectivity index (χ0n) is 18.8. The fourth-order valence-electron chi connectivity index (χ4n) is 2.94. The van der Waals surface area contributed by atoms with Gasteiger partial charge in [0.2, 0.25) is 12.2 Å². The topological polar surface area (TPSA) is 115 Å². The third-order valence-electron chi connectivity index (χ3n) is 4.52. The van der Waals surface area contributed by atoms with E-state index in [9.17, 15) is 19.2 Å². The number of aliphatic imine (C=N–C) groups is 2. The summed E-state index contributed by atoms with van der Waals surface area (Å²) in [6.07, 6.45) is 14.9. The van der Waals surface area contributed by atoms with Gasteiger partial charge in [-0.3, -0.25) is 0 Å². The number of amides is 2. The predicted octanol–water partition coefficient (Wildman–Crippen LogP) is 4.57. The first-order valence-electron chi connectivity index (χ1n) is 10.7. The summed E-state index contributed by atoms with van der Waals surface area (Å²) in [5.74, 6) is 2.45. The minimum absolute atomic E-state index is 0.0281. The standard InChI is InChI=1S/C25H27N3O6/c1-2-3-4-10-18-33-24(31)28(25(32)34-23-14-6-5-7-15-23)19-22(13-11-17-27-21-30)12-8-9-16-26-20-29/h1,3-7,10,14-15,18,22H,8-9,11-13,16-17,19H2/b4-3-,18-10-/t22-/m1/s1. The lowest BCUT2D eigenvalue weighted by molar-refractivity contribution is 0.113. The van der Waals surface area contributed by atoms with Gasteiger partial charge in [-0.2, -0.15) is 0 Å². The molecule has 0 N–H and O–H groups in total. The van der Waals surface area contributed by atoms with Gasteiger partial charge in [-0.05, 0) is 55.9 Å². The lowest BCUT2D eigenvalue weighted by Crippen LogP contribution is -2.42. The van der Waals surface area contributed by atoms with Crippen LogP contribution in [0.25, 0.3) is 0 Å². The van der Waals surface area contributed by atoms with Crippen molar-refractivity contribution in [2.24, 2.45) is 15.9 Å². The zero-order chi connectivity index (χ0) is 24.9. The Labute approximate surface area is 198 Å². The van der Waals surface area contributed by atoms with Gasteiger partial charge < -0.3 is 9.47 Å². The first-order chi connectivity index (χ1) is 16.6. The van der Waals surface area contributed by atoms with E-state index in [0.717, 1.165) is 11.2 Å². The molecular weight excluding hydrogens is 438 g/mol. The average Bonchev–Trinajstić information content (AvgIpc) is 2.84. The highest BCUT2D eigenvalue weighted by molar-refractivity contribution is 5.89. The van der Waals surface area contributed by atoms with Gasteiger partial charge in [-0.15, -0.1) is 6.42 Å². The summed E-state index contributed by atoms with van der Waals surface area (Å²) in [7, 11) is 0. The molecule has 0 aliphatic heterocycles. The molecule has 0 aliphatic carbocycles. The molecule has 1 aromatic carbocycles. The van der Waals surface area contributed by atoms with Gasteiger partial charge >= 0.3 is 12.2 Å². The summed E-state index contributed by atoms with van der Waals surface area (Å²) in [4.78, 5) is 54.0. The largest absolute Gasteiger partial charge is 0.424 e. The van der Waals surface area contributed by atoms with E-state index in [4.69, 9.17) is 15.9 Å². The van der Waals surface area contributed by atoms with Gasteiger partial charge in [-0.25, -0.2) is 34.1 Å². The number of terminal acetylenes is 1. The number of nitrogens with zero attached hydrogens (tertiary/aromatic N) is 3. The Morgan fingerprint density at radius 2 is 1.65 bits per heavy atom. The van der Waals surface area contributed by atoms with Crippen LogP contribution >= 0.6 is 0 Å². The molecule has 0 aliphatic rings. The number of isocyanates is 2. The number of carbonyl (C=O) groups is 2. The summed E-state index contributed by atoms with van der Waals surface area (Å²) < 4.78 is 10.4. The maximum Gasteiger partial charge on any atom is 0.424 e. The van der Waals surface area contributed by atoms with E-state index >= 15 is 0 Å². The van der Waals surface area contributed by atoms with Crippen molar-refractivity contribution in [3.05, 3.63) is 54.8 Å². The number of rotatable bonds is 14. The summed E-state index contributed by atoms with van der Waals surface area (Å²) in [6, 6.07) is 8.35. The first-order valence-corrected chi connectivity index (χ1v) is 10.7. The molecule has 1 rings (SSSR count). The summed E-state index contributed by atoms with van der Waals surface area (Å²) in [5, 5.41) is 0. The van der Waals surface area contributed by atoms with E-state index in [1.807, 2.05) is 0 Å². The predicted molar refractivity (Wildman–Crippen MR) is 125 cm³/mol. The van der Waals surface area contributed by atoms with Gasteiger partial charge in [0, 0.05) is 6.54 Å². The SMILES string of the molecule is C#C/C=C\C=C/OC(=O)N(C[C@H](CCCCN=C=O)CCCN=C=O)C(=O)Oc1ccccc1. The smallest absolute Gasteiger partial charge is 0.418 e. The number of unbranched alkanes of at least 4 members (excludes halogenated alkanes) is 1. The van der Waals surface area contributed by atoms with Crippen molar-refractivity contribution >= 4 is 24.3 Å². The van der Waals surface area contributed by atoms with Crippen LogP contribution in [0, 0.1) is 18.3 Å². The monoisotopic (exact) mass is 465 g/mol. The molecule has 0 radical (unpaired) electrons. The molecule has 0 saturated carbocycles. The first kappa shape index (κ1) is 27.8. The minimum atomic E-state index is -0.909. The van der Waals surface area contributed by atoms with Crippen LogP contribution in [0.2, 0.25) is 0 Å². The second-order valence-electron chi connectivity index (χ2n) is 6.98. The molecule has 2 amide bonds. The lowest BCUT2D eigenvalue weighted by atomic mass is 9.96. The van der Waals surface area contributed by atoms with E-state index in [1.165, 1.54) is 30.4 Å². The number of hydrogen-bond acceptors (Lipinski definition) is 8. The Kier molecular flexibility index (Phi) is 15.0. The maximum atomic E-state index is 12.8. The second-order valence-corrected chi connectivity index (χ2v) is 6.98. The average molecular weight is 466 g/mol. The number of imide groups is 1. The molecule has 1 atom stereocenters. The van der Waals surface area contributed by atoms with Gasteiger partial charge in [0.15, 0.2) is 0 Å². The Morgan fingerprint density at radius 1 is 0.971 bits per heavy atom. The van der Waals surface area contributed by atoms with E-state index < -0.39 is 12.2 Å². The number of allylic oxidation sites excluding steroid dienone is 3. The summed E-state index contributed by atoms with van der Waals surface area (Å²) in [5.41, 5.74) is 0. The number of hydrogen-bond donors (Lipinski definition) is 0. The van der Waals surface area contributed by atoms with Crippen LogP contribution in [0.5, 0.6) is 5.75 Å². The van der Waals surface area contributed by atoms with Gasteiger partial charge in [0.25, 0.3) is 0 Å². The Morgan fingerprint density at radius 3 is 2.32 bits per heavy atom. The van der Waals surface area contributed by atoms with Crippen LogP contribution < -0.4 is 4.74 Å². The normalized spacial score (nSPS) is 11.1. The van der Waals surface area contributed by atoms with Crippen molar-refractivity contribution in [2.75, 3.05) is 19.6 Å². The Hall–Kier alpha value is -4.24. The minimum Gasteiger partial charge on any atom is -0.418 e. The number of benzene rings is 1. The van der Waals surface area contributed by atoms with Crippen LogP contribution in [-0.4, -0.2) is 48.9 Å². The fourth-order valence-corrected chi connectivity index (χ4v) is 2.94. The van der Waals surface area contributed by atoms with Crippen molar-refractivity contribution in [2.45, 2.75) is 32.1 Å². The molecule has 9 nitrogen and oxygen atoms in total. The summed E-state index contributed by atoms with van der Waals surface area (Å²) >= 11 is 0. The van der Waals surface area contributed by atoms with E-state index in [-0.39, 0.29) is 18.2 Å². The molecule has 0 spiro atoms. The van der Waals surface area contributed by atoms with Crippen LogP contribution in [0.3, 0.4) is 0 Å². The van der Waals surface area contributed by atoms with Crippen molar-refractivity contribution in [1.82, 2.24) is 4.90 Å². The van der Waals surface area contributed by atoms with Crippen molar-refractivity contribution in [1.29, 1.82) is 0 Å². The van der Waals surface area contributed by atoms with Crippen LogP contribution in [0.4, 0.5) is 9.59 Å². The summed E-state index contributed by atoms with van der Waals surface area (Å²) in [6.45, 7) is 0.669. The molecular formula is C25H27N3O6. The molecule has 0 saturated heterocycles. The molecule has 0 heterocycles. The van der Waals surface area contributed by atoms with Crippen molar-refractivity contribution < 1.29 is 28.7 Å². The molecule has 0 fully saturated rings. The maximum absolute atomic E-state index is 12.8. The second kappa shape index (κ2) is 18.3.